The van der Waals surface area contributed by atoms with Crippen LogP contribution in [0.15, 0.2) is 36.4 Å². The van der Waals surface area contributed by atoms with E-state index in [9.17, 15) is 31.1 Å². The molecule has 0 aliphatic carbocycles. The zero-order chi connectivity index (χ0) is 23.5. The highest BCUT2D eigenvalue weighted by Crippen LogP contribution is 2.39. The lowest BCUT2D eigenvalue weighted by atomic mass is 10.1. The molecule has 0 aromatic heterocycles. The summed E-state index contributed by atoms with van der Waals surface area (Å²) < 4.78 is 79.1. The molecule has 0 unspecified atom stereocenters. The topological polar surface area (TPSA) is 66.8 Å². The molecule has 2 N–H and O–H groups in total. The van der Waals surface area contributed by atoms with Gasteiger partial charge >= 0.3 is 18.3 Å². The van der Waals surface area contributed by atoms with Crippen LogP contribution in [0.25, 0.3) is 0 Å². The molecule has 0 spiro atoms. The SMILES string of the molecule is CC(C)(Oc1ccc(Cl)cc1C(F)(F)F)C(=O)O.Oc1ccc(Cl)cc1C(F)(F)F. The van der Waals surface area contributed by atoms with Gasteiger partial charge in [0.05, 0.1) is 11.1 Å². The summed E-state index contributed by atoms with van der Waals surface area (Å²) in [6.45, 7) is 2.31. The fourth-order valence-corrected chi connectivity index (χ4v) is 2.21. The first-order valence-corrected chi connectivity index (χ1v) is 8.55. The lowest BCUT2D eigenvalue weighted by Crippen LogP contribution is -2.38. The summed E-state index contributed by atoms with van der Waals surface area (Å²) in [5.41, 5.74) is -3.99. The van der Waals surface area contributed by atoms with Gasteiger partial charge in [-0.15, -0.1) is 0 Å². The highest BCUT2D eigenvalue weighted by Gasteiger charge is 2.38. The molecular weight excluding hydrogens is 465 g/mol. The number of rotatable bonds is 3. The minimum atomic E-state index is -4.67. The quantitative estimate of drug-likeness (QED) is 0.483. The van der Waals surface area contributed by atoms with Crippen molar-refractivity contribution in [1.82, 2.24) is 0 Å². The molecule has 12 heteroatoms. The number of carbonyl (C=O) groups is 1. The Hall–Kier alpha value is -2.33. The molecule has 2 aromatic rings. The number of phenols is 1. The van der Waals surface area contributed by atoms with E-state index in [1.807, 2.05) is 0 Å². The average Bonchev–Trinajstić information content (AvgIpc) is 2.57. The number of hydrogen-bond acceptors (Lipinski definition) is 3. The first-order chi connectivity index (χ1) is 13.4. The van der Waals surface area contributed by atoms with Gasteiger partial charge < -0.3 is 14.9 Å². The standard InChI is InChI=1S/C11H10ClF3O3.C7H4ClF3O/c1-10(2,9(16)17)18-8-4-3-6(12)5-7(8)11(13,14)15;8-4-1-2-6(12)5(3-4)7(9,10)11/h3-5H,1-2H3,(H,16,17);1-3,12H. The molecule has 0 amide bonds. The Labute approximate surface area is 176 Å². The number of ether oxygens (including phenoxy) is 1. The molecule has 166 valence electrons. The van der Waals surface area contributed by atoms with Gasteiger partial charge in [0.1, 0.15) is 11.5 Å². The lowest BCUT2D eigenvalue weighted by molar-refractivity contribution is -0.155. The Morgan fingerprint density at radius 3 is 1.70 bits per heavy atom. The summed E-state index contributed by atoms with van der Waals surface area (Å²) in [4.78, 5) is 10.8. The number of carboxylic acids is 1. The van der Waals surface area contributed by atoms with Gasteiger partial charge in [-0.05, 0) is 50.2 Å². The van der Waals surface area contributed by atoms with Crippen molar-refractivity contribution in [3.63, 3.8) is 0 Å². The predicted molar refractivity (Wildman–Crippen MR) is 96.9 cm³/mol. The maximum absolute atomic E-state index is 12.7. The second-order valence-corrected chi connectivity index (χ2v) is 7.09. The highest BCUT2D eigenvalue weighted by atomic mass is 35.5. The molecular formula is C18H14Cl2F6O4. The van der Waals surface area contributed by atoms with E-state index >= 15 is 0 Å². The van der Waals surface area contributed by atoms with E-state index in [1.165, 1.54) is 12.1 Å². The zero-order valence-electron chi connectivity index (χ0n) is 15.2. The number of phenolic OH excluding ortho intramolecular Hbond substituents is 1. The molecule has 0 aliphatic rings. The van der Waals surface area contributed by atoms with Crippen LogP contribution < -0.4 is 4.74 Å². The number of carboxylic acid groups (broad SMARTS) is 1. The maximum Gasteiger partial charge on any atom is 0.420 e. The van der Waals surface area contributed by atoms with E-state index in [-0.39, 0.29) is 10.0 Å². The fourth-order valence-electron chi connectivity index (χ4n) is 1.87. The third kappa shape index (κ3) is 7.17. The lowest BCUT2D eigenvalue weighted by Gasteiger charge is -2.24. The van der Waals surface area contributed by atoms with Crippen molar-refractivity contribution in [1.29, 1.82) is 0 Å². The Morgan fingerprint density at radius 1 is 0.867 bits per heavy atom. The molecule has 2 rings (SSSR count). The maximum atomic E-state index is 12.7. The van der Waals surface area contributed by atoms with Gasteiger partial charge in [0.25, 0.3) is 0 Å². The molecule has 0 bridgehead atoms. The van der Waals surface area contributed by atoms with Crippen LogP contribution in [-0.2, 0) is 17.1 Å². The number of halogens is 8. The Balaban J connectivity index is 0.000000325. The predicted octanol–water partition coefficient (Wildman–Crippen LogP) is 6.67. The second kappa shape index (κ2) is 9.22. The summed E-state index contributed by atoms with van der Waals surface area (Å²) in [6.07, 6.45) is -9.23. The van der Waals surface area contributed by atoms with Crippen molar-refractivity contribution in [2.24, 2.45) is 0 Å². The van der Waals surface area contributed by atoms with Crippen LogP contribution in [0.5, 0.6) is 11.5 Å². The van der Waals surface area contributed by atoms with Gasteiger partial charge in [-0.25, -0.2) is 4.79 Å². The van der Waals surface area contributed by atoms with Gasteiger partial charge in [-0.2, -0.15) is 26.3 Å². The summed E-state index contributed by atoms with van der Waals surface area (Å²) in [5, 5.41) is 17.4. The fraction of sp³-hybridized carbons (Fsp3) is 0.278. The first-order valence-electron chi connectivity index (χ1n) is 7.80. The molecule has 0 saturated carbocycles. The summed E-state index contributed by atoms with van der Waals surface area (Å²) in [7, 11) is 0. The normalized spacial score (nSPS) is 12.1. The van der Waals surface area contributed by atoms with Crippen molar-refractivity contribution in [3.8, 4) is 11.5 Å². The summed E-state index contributed by atoms with van der Waals surface area (Å²) in [6, 6.07) is 5.66. The van der Waals surface area contributed by atoms with Gasteiger partial charge in [0.15, 0.2) is 5.60 Å². The summed E-state index contributed by atoms with van der Waals surface area (Å²) >= 11 is 10.8. The Bertz CT molecular complexity index is 911. The minimum Gasteiger partial charge on any atom is -0.507 e. The number of benzene rings is 2. The zero-order valence-corrected chi connectivity index (χ0v) is 16.7. The molecule has 0 aliphatic heterocycles. The van der Waals surface area contributed by atoms with Gasteiger partial charge in [0.2, 0.25) is 0 Å². The molecule has 30 heavy (non-hydrogen) atoms. The average molecular weight is 479 g/mol. The molecule has 2 aromatic carbocycles. The van der Waals surface area contributed by atoms with Crippen molar-refractivity contribution in [2.75, 3.05) is 0 Å². The number of hydrogen-bond donors (Lipinski definition) is 2. The van der Waals surface area contributed by atoms with Crippen LogP contribution >= 0.6 is 23.2 Å². The molecule has 0 heterocycles. The molecule has 4 nitrogen and oxygen atoms in total. The van der Waals surface area contributed by atoms with Crippen molar-refractivity contribution < 1.29 is 46.1 Å². The smallest absolute Gasteiger partial charge is 0.420 e. The van der Waals surface area contributed by atoms with Gasteiger partial charge in [0, 0.05) is 10.0 Å². The number of aliphatic carboxylic acids is 1. The van der Waals surface area contributed by atoms with Crippen molar-refractivity contribution in [3.05, 3.63) is 57.6 Å². The van der Waals surface area contributed by atoms with E-state index in [4.69, 9.17) is 38.2 Å². The van der Waals surface area contributed by atoms with Crippen LogP contribution in [-0.4, -0.2) is 21.8 Å². The third-order valence-corrected chi connectivity index (χ3v) is 3.86. The Kier molecular flexibility index (Phi) is 7.90. The molecule has 0 atom stereocenters. The van der Waals surface area contributed by atoms with Crippen LogP contribution in [0, 0.1) is 0 Å². The molecule has 0 fully saturated rings. The number of aromatic hydroxyl groups is 1. The largest absolute Gasteiger partial charge is 0.507 e. The number of alkyl halides is 6. The second-order valence-electron chi connectivity index (χ2n) is 6.21. The monoisotopic (exact) mass is 478 g/mol. The highest BCUT2D eigenvalue weighted by molar-refractivity contribution is 6.31. The minimum absolute atomic E-state index is 0.0554. The van der Waals surface area contributed by atoms with Crippen LogP contribution in [0.1, 0.15) is 25.0 Å². The van der Waals surface area contributed by atoms with E-state index in [2.05, 4.69) is 0 Å². The third-order valence-electron chi connectivity index (χ3n) is 3.39. The van der Waals surface area contributed by atoms with Crippen LogP contribution in [0.4, 0.5) is 26.3 Å². The Morgan fingerprint density at radius 2 is 1.30 bits per heavy atom. The first kappa shape index (κ1) is 25.7. The van der Waals surface area contributed by atoms with E-state index in [0.717, 1.165) is 26.0 Å². The van der Waals surface area contributed by atoms with E-state index in [1.54, 1.807) is 0 Å². The van der Waals surface area contributed by atoms with Crippen molar-refractivity contribution in [2.45, 2.75) is 31.8 Å². The molecule has 0 saturated heterocycles. The van der Waals surface area contributed by atoms with Crippen molar-refractivity contribution >= 4 is 29.2 Å². The van der Waals surface area contributed by atoms with E-state index < -0.39 is 46.5 Å². The van der Waals surface area contributed by atoms with Gasteiger partial charge in [-0.3, -0.25) is 0 Å². The van der Waals surface area contributed by atoms with Gasteiger partial charge in [-0.1, -0.05) is 23.2 Å². The molecule has 0 radical (unpaired) electrons. The summed E-state index contributed by atoms with van der Waals surface area (Å²) in [5.74, 6) is -2.75. The van der Waals surface area contributed by atoms with E-state index in [0.29, 0.717) is 12.1 Å². The van der Waals surface area contributed by atoms with Crippen LogP contribution in [0.3, 0.4) is 0 Å². The van der Waals surface area contributed by atoms with Crippen LogP contribution in [0.2, 0.25) is 10.0 Å².